The van der Waals surface area contributed by atoms with Crippen LogP contribution in [0.15, 0.2) is 12.1 Å². The van der Waals surface area contributed by atoms with Crippen molar-refractivity contribution in [2.75, 3.05) is 13.7 Å². The molecule has 96 valence electrons. The molecule has 0 heterocycles. The van der Waals surface area contributed by atoms with Gasteiger partial charge in [-0.25, -0.2) is 0 Å². The first-order valence-corrected chi connectivity index (χ1v) is 5.96. The fourth-order valence-electron chi connectivity index (χ4n) is 1.83. The lowest BCUT2D eigenvalue weighted by Crippen LogP contribution is -2.34. The third-order valence-corrected chi connectivity index (χ3v) is 2.52. The molecule has 0 aliphatic heterocycles. The maximum Gasteiger partial charge on any atom is 0.122 e. The van der Waals surface area contributed by atoms with E-state index in [0.717, 1.165) is 29.0 Å². The van der Waals surface area contributed by atoms with Crippen molar-refractivity contribution in [1.82, 2.24) is 0 Å². The highest BCUT2D eigenvalue weighted by Gasteiger charge is 2.17. The van der Waals surface area contributed by atoms with E-state index in [1.54, 1.807) is 7.11 Å². The van der Waals surface area contributed by atoms with Crippen LogP contribution in [-0.2, 0) is 6.42 Å². The molecule has 0 radical (unpaired) electrons. The average molecular weight is 237 g/mol. The minimum Gasteiger partial charge on any atom is -0.496 e. The smallest absolute Gasteiger partial charge is 0.122 e. The lowest BCUT2D eigenvalue weighted by molar-refractivity contribution is 0.335. The van der Waals surface area contributed by atoms with E-state index >= 15 is 0 Å². The topological polar surface area (TPSA) is 44.5 Å². The van der Waals surface area contributed by atoms with Crippen LogP contribution in [0.4, 0.5) is 0 Å². The number of methoxy groups -OCH3 is 1. The molecule has 0 bridgehead atoms. The van der Waals surface area contributed by atoms with E-state index in [9.17, 15) is 0 Å². The Balaban J connectivity index is 3.12. The fourth-order valence-corrected chi connectivity index (χ4v) is 1.83. The van der Waals surface area contributed by atoms with Crippen molar-refractivity contribution < 1.29 is 9.47 Å². The molecule has 2 N–H and O–H groups in total. The fraction of sp³-hybridized carbons (Fsp3) is 0.571. The molecule has 0 saturated heterocycles. The van der Waals surface area contributed by atoms with Gasteiger partial charge in [0, 0.05) is 5.54 Å². The zero-order chi connectivity index (χ0) is 13.1. The Morgan fingerprint density at radius 3 is 2.35 bits per heavy atom. The van der Waals surface area contributed by atoms with Gasteiger partial charge in [-0.3, -0.25) is 0 Å². The van der Waals surface area contributed by atoms with Crippen LogP contribution in [0.2, 0.25) is 0 Å². The molecule has 0 amide bonds. The zero-order valence-corrected chi connectivity index (χ0v) is 11.5. The number of hydrogen-bond acceptors (Lipinski definition) is 3. The minimum atomic E-state index is -0.258. The van der Waals surface area contributed by atoms with E-state index in [2.05, 4.69) is 0 Å². The lowest BCUT2D eigenvalue weighted by Gasteiger charge is -2.21. The van der Waals surface area contributed by atoms with Crippen LogP contribution >= 0.6 is 0 Å². The standard InChI is InChI=1S/C14H23NO2/c1-6-17-12-8-11(9-14(3,4)15)13(16-5)7-10(12)2/h7-8H,6,9,15H2,1-5H3. The van der Waals surface area contributed by atoms with E-state index in [4.69, 9.17) is 15.2 Å². The molecule has 1 rings (SSSR count). The molecule has 0 aliphatic rings. The van der Waals surface area contributed by atoms with Gasteiger partial charge in [0.15, 0.2) is 0 Å². The molecule has 1 aromatic carbocycles. The number of hydrogen-bond donors (Lipinski definition) is 1. The van der Waals surface area contributed by atoms with Crippen molar-refractivity contribution in [3.8, 4) is 11.5 Å². The molecular weight excluding hydrogens is 214 g/mol. The number of nitrogens with two attached hydrogens (primary N) is 1. The Hall–Kier alpha value is -1.22. The van der Waals surface area contributed by atoms with Gasteiger partial charge in [0.2, 0.25) is 0 Å². The molecule has 3 nitrogen and oxygen atoms in total. The number of aryl methyl sites for hydroxylation is 1. The van der Waals surface area contributed by atoms with Crippen LogP contribution in [0, 0.1) is 6.92 Å². The third kappa shape index (κ3) is 3.93. The molecule has 0 fully saturated rings. The van der Waals surface area contributed by atoms with Crippen LogP contribution in [0.1, 0.15) is 31.9 Å². The van der Waals surface area contributed by atoms with Gasteiger partial charge in [-0.05, 0) is 57.4 Å². The van der Waals surface area contributed by atoms with E-state index < -0.39 is 0 Å². The number of ether oxygens (including phenoxy) is 2. The average Bonchev–Trinajstić information content (AvgIpc) is 2.20. The summed E-state index contributed by atoms with van der Waals surface area (Å²) in [5, 5.41) is 0. The van der Waals surface area contributed by atoms with Gasteiger partial charge < -0.3 is 15.2 Å². The summed E-state index contributed by atoms with van der Waals surface area (Å²) in [5.41, 5.74) is 7.98. The number of rotatable bonds is 5. The zero-order valence-electron chi connectivity index (χ0n) is 11.5. The van der Waals surface area contributed by atoms with Crippen molar-refractivity contribution in [1.29, 1.82) is 0 Å². The van der Waals surface area contributed by atoms with Crippen molar-refractivity contribution >= 4 is 0 Å². The molecule has 0 unspecified atom stereocenters. The molecule has 1 aromatic rings. The second-order valence-electron chi connectivity index (χ2n) is 5.03. The Kier molecular flexibility index (Phi) is 4.40. The molecule has 0 saturated carbocycles. The molecule has 17 heavy (non-hydrogen) atoms. The molecule has 0 atom stereocenters. The Bertz CT molecular complexity index is 381. The molecule has 0 aromatic heterocycles. The van der Waals surface area contributed by atoms with Crippen LogP contribution in [0.3, 0.4) is 0 Å². The van der Waals surface area contributed by atoms with Gasteiger partial charge in [-0.15, -0.1) is 0 Å². The van der Waals surface area contributed by atoms with Gasteiger partial charge in [0.1, 0.15) is 11.5 Å². The summed E-state index contributed by atoms with van der Waals surface area (Å²) in [6.45, 7) is 8.68. The minimum absolute atomic E-state index is 0.258. The van der Waals surface area contributed by atoms with E-state index in [-0.39, 0.29) is 5.54 Å². The molecule has 0 aliphatic carbocycles. The highest BCUT2D eigenvalue weighted by molar-refractivity contribution is 5.46. The van der Waals surface area contributed by atoms with Crippen molar-refractivity contribution in [3.05, 3.63) is 23.3 Å². The first kappa shape index (κ1) is 13.8. The van der Waals surface area contributed by atoms with Gasteiger partial charge in [0.25, 0.3) is 0 Å². The van der Waals surface area contributed by atoms with Crippen LogP contribution < -0.4 is 15.2 Å². The van der Waals surface area contributed by atoms with E-state index in [1.807, 2.05) is 39.8 Å². The van der Waals surface area contributed by atoms with Crippen LogP contribution in [-0.4, -0.2) is 19.3 Å². The maximum absolute atomic E-state index is 6.06. The Labute approximate surface area is 104 Å². The normalized spacial score (nSPS) is 11.4. The van der Waals surface area contributed by atoms with Crippen molar-refractivity contribution in [3.63, 3.8) is 0 Å². The summed E-state index contributed by atoms with van der Waals surface area (Å²) >= 11 is 0. The van der Waals surface area contributed by atoms with Crippen LogP contribution in [0.25, 0.3) is 0 Å². The summed E-state index contributed by atoms with van der Waals surface area (Å²) < 4.78 is 11.0. The lowest BCUT2D eigenvalue weighted by atomic mass is 9.94. The molecular formula is C14H23NO2. The highest BCUT2D eigenvalue weighted by atomic mass is 16.5. The summed E-state index contributed by atoms with van der Waals surface area (Å²) in [5.74, 6) is 1.79. The first-order chi connectivity index (χ1) is 7.87. The quantitative estimate of drug-likeness (QED) is 0.856. The van der Waals surface area contributed by atoms with Crippen molar-refractivity contribution in [2.45, 2.75) is 39.7 Å². The summed E-state index contributed by atoms with van der Waals surface area (Å²) in [6.07, 6.45) is 0.760. The van der Waals surface area contributed by atoms with E-state index in [0.29, 0.717) is 6.61 Å². The van der Waals surface area contributed by atoms with Crippen LogP contribution in [0.5, 0.6) is 11.5 Å². The largest absolute Gasteiger partial charge is 0.496 e. The van der Waals surface area contributed by atoms with Crippen molar-refractivity contribution in [2.24, 2.45) is 5.73 Å². The summed E-state index contributed by atoms with van der Waals surface area (Å²) in [4.78, 5) is 0. The Morgan fingerprint density at radius 2 is 1.88 bits per heavy atom. The number of benzene rings is 1. The van der Waals surface area contributed by atoms with E-state index in [1.165, 1.54) is 0 Å². The second kappa shape index (κ2) is 5.41. The predicted octanol–water partition coefficient (Wildman–Crippen LogP) is 2.68. The SMILES string of the molecule is CCOc1cc(CC(C)(C)N)c(OC)cc1C. The van der Waals surface area contributed by atoms with Gasteiger partial charge in [-0.2, -0.15) is 0 Å². The first-order valence-electron chi connectivity index (χ1n) is 5.96. The molecule has 0 spiro atoms. The summed E-state index contributed by atoms with van der Waals surface area (Å²) in [7, 11) is 1.68. The van der Waals surface area contributed by atoms with Gasteiger partial charge in [-0.1, -0.05) is 0 Å². The van der Waals surface area contributed by atoms with Gasteiger partial charge in [0.05, 0.1) is 13.7 Å². The maximum atomic E-state index is 6.06. The Morgan fingerprint density at radius 1 is 1.24 bits per heavy atom. The molecule has 3 heteroatoms. The summed E-state index contributed by atoms with van der Waals surface area (Å²) in [6, 6.07) is 4.04. The highest BCUT2D eigenvalue weighted by Crippen LogP contribution is 2.30. The predicted molar refractivity (Wildman–Crippen MR) is 70.9 cm³/mol. The second-order valence-corrected chi connectivity index (χ2v) is 5.03. The van der Waals surface area contributed by atoms with Gasteiger partial charge >= 0.3 is 0 Å². The third-order valence-electron chi connectivity index (χ3n) is 2.52. The monoisotopic (exact) mass is 237 g/mol.